The molecule has 29 heavy (non-hydrogen) atoms. The number of fused-ring (bicyclic) bond motifs is 1. The van der Waals surface area contributed by atoms with Crippen LogP contribution in [0.2, 0.25) is 0 Å². The average molecular weight is 497 g/mol. The molecule has 0 aliphatic carbocycles. The van der Waals surface area contributed by atoms with E-state index in [4.69, 9.17) is 12.2 Å². The first-order valence-corrected chi connectivity index (χ1v) is 11.8. The Morgan fingerprint density at radius 1 is 1.14 bits per heavy atom. The highest BCUT2D eigenvalue weighted by Crippen LogP contribution is 2.21. The third-order valence-electron chi connectivity index (χ3n) is 4.97. The van der Waals surface area contributed by atoms with Gasteiger partial charge in [-0.15, -0.1) is 5.10 Å². The van der Waals surface area contributed by atoms with E-state index in [2.05, 4.69) is 30.9 Å². The molecule has 2 aromatic heterocycles. The van der Waals surface area contributed by atoms with Crippen LogP contribution in [0.4, 0.5) is 0 Å². The predicted molar refractivity (Wildman–Crippen MR) is 116 cm³/mol. The van der Waals surface area contributed by atoms with Crippen LogP contribution in [0.25, 0.3) is 5.78 Å². The molecule has 11 heteroatoms. The van der Waals surface area contributed by atoms with Crippen LogP contribution in [-0.4, -0.2) is 63.0 Å². The molecular weight excluding hydrogens is 476 g/mol. The first kappa shape index (κ1) is 20.6. The molecule has 0 bridgehead atoms. The van der Waals surface area contributed by atoms with Gasteiger partial charge >= 0.3 is 0 Å². The lowest BCUT2D eigenvalue weighted by Crippen LogP contribution is -2.48. The van der Waals surface area contributed by atoms with Crippen LogP contribution in [0.5, 0.6) is 0 Å². The van der Waals surface area contributed by atoms with E-state index in [1.807, 2.05) is 30.4 Å². The average Bonchev–Trinajstić information content (AvgIpc) is 2.97. The van der Waals surface area contributed by atoms with Crippen molar-refractivity contribution in [2.75, 3.05) is 26.2 Å². The highest BCUT2D eigenvalue weighted by atomic mass is 79.9. The van der Waals surface area contributed by atoms with Gasteiger partial charge in [0.05, 0.1) is 11.6 Å². The van der Waals surface area contributed by atoms with Gasteiger partial charge in [0.25, 0.3) is 5.78 Å². The molecule has 0 amide bonds. The maximum atomic E-state index is 12.9. The lowest BCUT2D eigenvalue weighted by molar-refractivity contribution is 0.145. The number of sulfonamides is 1. The summed E-state index contributed by atoms with van der Waals surface area (Å²) in [7, 11) is -3.50. The summed E-state index contributed by atoms with van der Waals surface area (Å²) >= 11 is 8.91. The molecule has 1 saturated heterocycles. The highest BCUT2D eigenvalue weighted by Gasteiger charge is 2.29. The van der Waals surface area contributed by atoms with E-state index in [9.17, 15) is 8.42 Å². The number of piperazine rings is 1. The number of hydrogen-bond acceptors (Lipinski definition) is 6. The quantitative estimate of drug-likeness (QED) is 0.516. The molecule has 0 spiro atoms. The molecule has 0 radical (unpaired) electrons. The number of rotatable bonds is 4. The summed E-state index contributed by atoms with van der Waals surface area (Å²) in [5.41, 5.74) is 1.89. The second-order valence-corrected chi connectivity index (χ2v) is 10.3. The largest absolute Gasteiger partial charge is 0.282 e. The Morgan fingerprint density at radius 2 is 1.86 bits per heavy atom. The topological polar surface area (TPSA) is 75.7 Å². The number of halogens is 1. The van der Waals surface area contributed by atoms with Crippen molar-refractivity contribution in [1.29, 1.82) is 0 Å². The molecule has 1 aromatic carbocycles. The highest BCUT2D eigenvalue weighted by molar-refractivity contribution is 9.10. The van der Waals surface area contributed by atoms with Gasteiger partial charge in [-0.3, -0.25) is 9.30 Å². The van der Waals surface area contributed by atoms with Crippen molar-refractivity contribution in [3.8, 4) is 0 Å². The minimum Gasteiger partial charge on any atom is -0.282 e. The Labute approximate surface area is 182 Å². The maximum absolute atomic E-state index is 12.9. The van der Waals surface area contributed by atoms with Gasteiger partial charge < -0.3 is 0 Å². The smallest absolute Gasteiger partial charge is 0.254 e. The van der Waals surface area contributed by atoms with Gasteiger partial charge in [-0.05, 0) is 50.3 Å². The van der Waals surface area contributed by atoms with E-state index >= 15 is 0 Å². The van der Waals surface area contributed by atoms with Crippen molar-refractivity contribution in [3.63, 3.8) is 0 Å². The van der Waals surface area contributed by atoms with Crippen LogP contribution in [0.1, 0.15) is 11.4 Å². The van der Waals surface area contributed by atoms with E-state index in [0.717, 1.165) is 15.9 Å². The Balaban J connectivity index is 1.48. The third kappa shape index (κ3) is 4.02. The van der Waals surface area contributed by atoms with Crippen molar-refractivity contribution < 1.29 is 8.42 Å². The SMILES string of the molecule is Cc1cc(C)n2c(=S)n(CN3CCN(S(=O)(=O)c4cccc(Br)c4)CC3)nc2n1. The van der Waals surface area contributed by atoms with Gasteiger partial charge in [0, 0.05) is 42.0 Å². The van der Waals surface area contributed by atoms with Crippen LogP contribution < -0.4 is 0 Å². The summed E-state index contributed by atoms with van der Waals surface area (Å²) in [6, 6.07) is 8.78. The Bertz CT molecular complexity index is 1230. The van der Waals surface area contributed by atoms with E-state index in [1.54, 1.807) is 22.9 Å². The first-order valence-electron chi connectivity index (χ1n) is 9.17. The maximum Gasteiger partial charge on any atom is 0.254 e. The van der Waals surface area contributed by atoms with E-state index in [-0.39, 0.29) is 0 Å². The van der Waals surface area contributed by atoms with Gasteiger partial charge in [-0.2, -0.15) is 4.31 Å². The zero-order chi connectivity index (χ0) is 20.8. The minimum absolute atomic E-state index is 0.305. The predicted octanol–water partition coefficient (Wildman–Crippen LogP) is 2.60. The van der Waals surface area contributed by atoms with Crippen molar-refractivity contribution >= 4 is 43.9 Å². The van der Waals surface area contributed by atoms with E-state index in [0.29, 0.717) is 48.3 Å². The van der Waals surface area contributed by atoms with Crippen molar-refractivity contribution in [1.82, 2.24) is 28.4 Å². The van der Waals surface area contributed by atoms with E-state index in [1.165, 1.54) is 4.31 Å². The van der Waals surface area contributed by atoms with E-state index < -0.39 is 10.0 Å². The van der Waals surface area contributed by atoms with Crippen molar-refractivity contribution in [2.45, 2.75) is 25.4 Å². The number of benzene rings is 1. The monoisotopic (exact) mass is 496 g/mol. The Hall–Kier alpha value is -1.66. The molecule has 8 nitrogen and oxygen atoms in total. The van der Waals surface area contributed by atoms with Crippen LogP contribution in [0, 0.1) is 18.6 Å². The second kappa shape index (κ2) is 7.88. The Kier molecular flexibility index (Phi) is 5.60. The molecule has 3 heterocycles. The minimum atomic E-state index is -3.50. The van der Waals surface area contributed by atoms with Crippen LogP contribution in [-0.2, 0) is 16.7 Å². The summed E-state index contributed by atoms with van der Waals surface area (Å²) in [6.45, 7) is 6.47. The van der Waals surface area contributed by atoms with Crippen LogP contribution in [0.3, 0.4) is 0 Å². The van der Waals surface area contributed by atoms with Gasteiger partial charge in [0.2, 0.25) is 14.8 Å². The summed E-state index contributed by atoms with van der Waals surface area (Å²) in [6.07, 6.45) is 0. The standard InChI is InChI=1S/C18H21BrN6O2S2/c1-13-10-14(2)25-17(20-13)21-24(18(25)28)12-22-6-8-23(9-7-22)29(26,27)16-5-3-4-15(19)11-16/h3-5,10-11H,6-9,12H2,1-2H3. The summed E-state index contributed by atoms with van der Waals surface area (Å²) in [5.74, 6) is 0.586. The first-order chi connectivity index (χ1) is 13.8. The lowest BCUT2D eigenvalue weighted by atomic mass is 10.3. The summed E-state index contributed by atoms with van der Waals surface area (Å²) in [4.78, 5) is 6.91. The molecule has 154 valence electrons. The summed E-state index contributed by atoms with van der Waals surface area (Å²) in [5, 5.41) is 4.54. The molecule has 3 aromatic rings. The molecule has 0 atom stereocenters. The van der Waals surface area contributed by atoms with Crippen LogP contribution in [0.15, 0.2) is 39.7 Å². The molecule has 0 unspecified atom stereocenters. The lowest BCUT2D eigenvalue weighted by Gasteiger charge is -2.33. The second-order valence-electron chi connectivity index (χ2n) is 7.08. The third-order valence-corrected chi connectivity index (χ3v) is 7.75. The summed E-state index contributed by atoms with van der Waals surface area (Å²) < 4.78 is 32.3. The fraction of sp³-hybridized carbons (Fsp3) is 0.389. The van der Waals surface area contributed by atoms with Crippen LogP contribution >= 0.6 is 28.1 Å². The zero-order valence-corrected chi connectivity index (χ0v) is 19.3. The number of aromatic nitrogens is 4. The fourth-order valence-electron chi connectivity index (χ4n) is 3.50. The van der Waals surface area contributed by atoms with Crippen molar-refractivity contribution in [3.05, 3.63) is 51.0 Å². The van der Waals surface area contributed by atoms with Gasteiger partial charge in [0.15, 0.2) is 0 Å². The molecule has 1 aliphatic heterocycles. The number of aryl methyl sites for hydroxylation is 2. The van der Waals surface area contributed by atoms with Gasteiger partial charge in [-0.25, -0.2) is 18.1 Å². The van der Waals surface area contributed by atoms with Crippen molar-refractivity contribution in [2.24, 2.45) is 0 Å². The van der Waals surface area contributed by atoms with Gasteiger partial charge in [0.1, 0.15) is 0 Å². The molecular formula is C18H21BrN6O2S2. The molecule has 4 rings (SSSR count). The normalized spacial score (nSPS) is 16.5. The Morgan fingerprint density at radius 3 is 2.55 bits per heavy atom. The number of hydrogen-bond donors (Lipinski definition) is 0. The fourth-order valence-corrected chi connectivity index (χ4v) is 5.85. The molecule has 1 fully saturated rings. The molecule has 1 aliphatic rings. The zero-order valence-electron chi connectivity index (χ0n) is 16.1. The number of nitrogens with zero attached hydrogens (tertiary/aromatic N) is 6. The molecule has 0 N–H and O–H groups in total. The van der Waals surface area contributed by atoms with Gasteiger partial charge in [-0.1, -0.05) is 22.0 Å². The molecule has 0 saturated carbocycles.